The van der Waals surface area contributed by atoms with E-state index in [9.17, 15) is 75.4 Å². The van der Waals surface area contributed by atoms with Gasteiger partial charge in [-0.3, -0.25) is 4.79 Å². The number of halogens is 15. The average molecular weight is 455 g/mol. The summed E-state index contributed by atoms with van der Waals surface area (Å²) in [6.45, 7) is -1.60. The van der Waals surface area contributed by atoms with Gasteiger partial charge in [-0.15, -0.1) is 0 Å². The molecule has 0 aliphatic carbocycles. The first-order valence-electron chi connectivity index (χ1n) is 6.04. The van der Waals surface area contributed by atoms with Crippen molar-refractivity contribution in [1.82, 2.24) is 5.32 Å². The molecule has 0 spiro atoms. The lowest BCUT2D eigenvalue weighted by Crippen LogP contribution is -2.74. The molecule has 0 heterocycles. The van der Waals surface area contributed by atoms with Gasteiger partial charge in [0.1, 0.15) is 6.29 Å². The molecule has 0 aliphatic rings. The second-order valence-corrected chi connectivity index (χ2v) is 4.82. The maximum Gasteiger partial charge on any atom is 0.460 e. The Balaban J connectivity index is 6.47. The van der Waals surface area contributed by atoms with Crippen LogP contribution in [-0.4, -0.2) is 60.4 Å². The van der Waals surface area contributed by atoms with Crippen LogP contribution in [0.1, 0.15) is 0 Å². The second kappa shape index (κ2) is 6.85. The molecule has 28 heavy (non-hydrogen) atoms. The highest BCUT2D eigenvalue weighted by atomic mass is 19.4. The van der Waals surface area contributed by atoms with Crippen LogP contribution in [0.5, 0.6) is 0 Å². The fourth-order valence-corrected chi connectivity index (χ4v) is 1.35. The van der Waals surface area contributed by atoms with Gasteiger partial charge in [-0.05, 0) is 0 Å². The number of aldehydes is 1. The Labute approximate surface area is 142 Å². The predicted molar refractivity (Wildman–Crippen MR) is 54.8 cm³/mol. The molecule has 1 N–H and O–H groups in total. The zero-order valence-electron chi connectivity index (χ0n) is 12.3. The van der Waals surface area contributed by atoms with E-state index in [2.05, 4.69) is 0 Å². The first kappa shape index (κ1) is 26.1. The summed E-state index contributed by atoms with van der Waals surface area (Å²) < 4.78 is 191. The molecule has 0 aromatic carbocycles. The van der Waals surface area contributed by atoms with Crippen LogP contribution in [0, 0.1) is 0 Å². The first-order chi connectivity index (χ1) is 12.0. The van der Waals surface area contributed by atoms with Crippen LogP contribution in [0.4, 0.5) is 65.9 Å². The number of amides is 1. The van der Waals surface area contributed by atoms with Crippen molar-refractivity contribution in [2.45, 2.75) is 41.7 Å². The lowest BCUT2D eigenvalue weighted by atomic mass is 9.91. The Morgan fingerprint density at radius 2 is 0.929 bits per heavy atom. The molecular weight excluding hydrogens is 451 g/mol. The summed E-state index contributed by atoms with van der Waals surface area (Å²) in [4.78, 5) is 20.4. The predicted octanol–water partition coefficient (Wildman–Crippen LogP) is 3.68. The van der Waals surface area contributed by atoms with Gasteiger partial charge in [0.2, 0.25) is 0 Å². The minimum absolute atomic E-state index is 0.465. The van der Waals surface area contributed by atoms with E-state index in [1.54, 1.807) is 0 Å². The molecule has 0 saturated carbocycles. The number of nitrogens with one attached hydrogen (secondary N) is 1. The number of hydrogen-bond acceptors (Lipinski definition) is 2. The smallest absolute Gasteiger partial charge is 0.344 e. The zero-order valence-corrected chi connectivity index (χ0v) is 12.3. The van der Waals surface area contributed by atoms with Crippen LogP contribution < -0.4 is 5.32 Å². The summed E-state index contributed by atoms with van der Waals surface area (Å²) >= 11 is 0. The lowest BCUT2D eigenvalue weighted by Gasteiger charge is -2.41. The van der Waals surface area contributed by atoms with Crippen molar-refractivity contribution in [3.63, 3.8) is 0 Å². The van der Waals surface area contributed by atoms with E-state index < -0.39 is 60.4 Å². The highest BCUT2D eigenvalue weighted by Crippen LogP contribution is 2.62. The van der Waals surface area contributed by atoms with Crippen molar-refractivity contribution in [2.75, 3.05) is 6.54 Å². The highest BCUT2D eigenvalue weighted by molar-refractivity contribution is 5.86. The molecule has 3 nitrogen and oxygen atoms in total. The Bertz CT molecular complexity index is 608. The van der Waals surface area contributed by atoms with Gasteiger partial charge >= 0.3 is 41.7 Å². The minimum atomic E-state index is -8.46. The minimum Gasteiger partial charge on any atom is -0.344 e. The third kappa shape index (κ3) is 3.33. The molecule has 166 valence electrons. The zero-order chi connectivity index (χ0) is 23.2. The number of rotatable bonds is 8. The van der Waals surface area contributed by atoms with Gasteiger partial charge in [0.25, 0.3) is 5.91 Å². The number of carbonyl (C=O) groups is 2. The molecule has 0 atom stereocenters. The summed E-state index contributed by atoms with van der Waals surface area (Å²) in [6, 6.07) is 0. The molecule has 0 fully saturated rings. The monoisotopic (exact) mass is 455 g/mol. The van der Waals surface area contributed by atoms with E-state index in [0.717, 1.165) is 0 Å². The normalized spacial score (nSPS) is 15.4. The average Bonchev–Trinajstić information content (AvgIpc) is 2.50. The molecule has 1 amide bonds. The van der Waals surface area contributed by atoms with Crippen LogP contribution in [0.25, 0.3) is 0 Å². The van der Waals surface area contributed by atoms with Crippen LogP contribution in [0.3, 0.4) is 0 Å². The van der Waals surface area contributed by atoms with Gasteiger partial charge in [0, 0.05) is 0 Å². The summed E-state index contributed by atoms with van der Waals surface area (Å²) in [5, 5.41) is 0.465. The Hall–Kier alpha value is -1.91. The summed E-state index contributed by atoms with van der Waals surface area (Å²) in [6.07, 6.45) is -8.22. The van der Waals surface area contributed by atoms with Crippen LogP contribution in [-0.2, 0) is 9.59 Å². The largest absolute Gasteiger partial charge is 0.460 e. The molecule has 0 radical (unpaired) electrons. The fourth-order valence-electron chi connectivity index (χ4n) is 1.35. The van der Waals surface area contributed by atoms with E-state index in [0.29, 0.717) is 5.32 Å². The lowest BCUT2D eigenvalue weighted by molar-refractivity contribution is -0.449. The third-order valence-electron chi connectivity index (χ3n) is 2.96. The van der Waals surface area contributed by atoms with Gasteiger partial charge in [-0.2, -0.15) is 65.9 Å². The molecular formula is C10H4F15NO2. The van der Waals surface area contributed by atoms with Gasteiger partial charge in [-0.1, -0.05) is 0 Å². The molecule has 0 saturated heterocycles. The summed E-state index contributed by atoms with van der Waals surface area (Å²) in [7, 11) is 0. The molecule has 0 aliphatic heterocycles. The standard InChI is InChI=1S/C10H4F15NO2/c11-4(12,3(28)26-1-2-27)5(13,14)6(15,16)7(17,18)8(19,20)9(21,22)10(23,24)25/h2H,1H2,(H,26,28). The maximum atomic E-state index is 13.2. The van der Waals surface area contributed by atoms with Crippen LogP contribution in [0.15, 0.2) is 0 Å². The Morgan fingerprint density at radius 1 is 0.607 bits per heavy atom. The molecule has 0 aromatic heterocycles. The number of alkyl halides is 15. The van der Waals surface area contributed by atoms with Crippen molar-refractivity contribution in [3.05, 3.63) is 0 Å². The van der Waals surface area contributed by atoms with Gasteiger partial charge in [0.05, 0.1) is 6.54 Å². The van der Waals surface area contributed by atoms with Gasteiger partial charge < -0.3 is 10.1 Å². The number of carbonyl (C=O) groups excluding carboxylic acids is 2. The summed E-state index contributed by atoms with van der Waals surface area (Å²) in [5.41, 5.74) is 0. The van der Waals surface area contributed by atoms with E-state index in [1.165, 1.54) is 0 Å². The van der Waals surface area contributed by atoms with Crippen LogP contribution >= 0.6 is 0 Å². The molecule has 18 heteroatoms. The maximum absolute atomic E-state index is 13.2. The van der Waals surface area contributed by atoms with E-state index in [-0.39, 0.29) is 0 Å². The van der Waals surface area contributed by atoms with Gasteiger partial charge in [-0.25, -0.2) is 0 Å². The van der Waals surface area contributed by atoms with Crippen molar-refractivity contribution < 1.29 is 75.4 Å². The third-order valence-corrected chi connectivity index (χ3v) is 2.96. The highest BCUT2D eigenvalue weighted by Gasteiger charge is 2.94. The number of hydrogen-bond donors (Lipinski definition) is 1. The van der Waals surface area contributed by atoms with Crippen molar-refractivity contribution in [3.8, 4) is 0 Å². The Morgan fingerprint density at radius 3 is 1.25 bits per heavy atom. The second-order valence-electron chi connectivity index (χ2n) is 4.82. The van der Waals surface area contributed by atoms with E-state index >= 15 is 0 Å². The van der Waals surface area contributed by atoms with Crippen LogP contribution in [0.2, 0.25) is 0 Å². The van der Waals surface area contributed by atoms with E-state index in [1.807, 2.05) is 0 Å². The SMILES string of the molecule is O=CCNC(=O)C(F)(F)C(F)(F)C(F)(F)C(F)(F)C(F)(F)C(F)(F)C(F)(F)F. The van der Waals surface area contributed by atoms with Crippen molar-refractivity contribution >= 4 is 12.2 Å². The molecule has 0 bridgehead atoms. The topological polar surface area (TPSA) is 46.2 Å². The van der Waals surface area contributed by atoms with Crippen molar-refractivity contribution in [1.29, 1.82) is 0 Å². The fraction of sp³-hybridized carbons (Fsp3) is 0.800. The Kier molecular flexibility index (Phi) is 6.39. The van der Waals surface area contributed by atoms with E-state index in [4.69, 9.17) is 0 Å². The van der Waals surface area contributed by atoms with Crippen molar-refractivity contribution in [2.24, 2.45) is 0 Å². The summed E-state index contributed by atoms with van der Waals surface area (Å²) in [5.74, 6) is -51.9. The first-order valence-corrected chi connectivity index (χ1v) is 6.04. The van der Waals surface area contributed by atoms with Gasteiger partial charge in [0.15, 0.2) is 0 Å². The molecule has 0 aromatic rings. The molecule has 0 unspecified atom stereocenters. The molecule has 0 rings (SSSR count). The quantitative estimate of drug-likeness (QED) is 0.449.